The average molecular weight is 221 g/mol. The van der Waals surface area contributed by atoms with Crippen molar-refractivity contribution in [1.82, 2.24) is 15.0 Å². The lowest BCUT2D eigenvalue weighted by Gasteiger charge is -2.01. The molecule has 0 aliphatic carbocycles. The Morgan fingerprint density at radius 3 is 2.35 bits per heavy atom. The van der Waals surface area contributed by atoms with E-state index in [4.69, 9.17) is 0 Å². The van der Waals surface area contributed by atoms with Crippen LogP contribution in [0.5, 0.6) is 0 Å². The van der Waals surface area contributed by atoms with E-state index in [1.165, 1.54) is 0 Å². The van der Waals surface area contributed by atoms with Crippen molar-refractivity contribution in [3.05, 3.63) is 54.4 Å². The molecule has 0 spiro atoms. The van der Waals surface area contributed by atoms with E-state index in [9.17, 15) is 0 Å². The van der Waals surface area contributed by atoms with Gasteiger partial charge in [-0.3, -0.25) is 9.97 Å². The third-order valence-corrected chi connectivity index (χ3v) is 2.62. The fourth-order valence-corrected chi connectivity index (χ4v) is 1.70. The van der Waals surface area contributed by atoms with E-state index in [1.807, 2.05) is 49.5 Å². The number of nitrogens with zero attached hydrogens (tertiary/aromatic N) is 3. The summed E-state index contributed by atoms with van der Waals surface area (Å²) in [5, 5.41) is 0. The molecule has 3 heteroatoms. The van der Waals surface area contributed by atoms with Crippen LogP contribution in [0.1, 0.15) is 5.56 Å². The highest BCUT2D eigenvalue weighted by atomic mass is 14.8. The molecule has 0 radical (unpaired) electrons. The Hall–Kier alpha value is -2.29. The molecule has 0 bridgehead atoms. The summed E-state index contributed by atoms with van der Waals surface area (Å²) in [4.78, 5) is 13.3. The number of para-hydroxylation sites is 2. The molecule has 0 fully saturated rings. The number of rotatable bonds is 1. The van der Waals surface area contributed by atoms with E-state index >= 15 is 0 Å². The van der Waals surface area contributed by atoms with Gasteiger partial charge >= 0.3 is 0 Å². The lowest BCUT2D eigenvalue weighted by atomic mass is 10.2. The fourth-order valence-electron chi connectivity index (χ4n) is 1.70. The average Bonchev–Trinajstić information content (AvgIpc) is 2.39. The van der Waals surface area contributed by atoms with Crippen LogP contribution in [0.3, 0.4) is 0 Å². The molecule has 3 aromatic rings. The second-order valence-corrected chi connectivity index (χ2v) is 3.96. The Morgan fingerprint density at radius 1 is 0.765 bits per heavy atom. The predicted molar refractivity (Wildman–Crippen MR) is 67.5 cm³/mol. The number of hydrogen-bond donors (Lipinski definition) is 0. The van der Waals surface area contributed by atoms with Crippen LogP contribution >= 0.6 is 0 Å². The fraction of sp³-hybridized carbons (Fsp3) is 0.0714. The molecule has 1 aromatic carbocycles. The molecule has 0 aliphatic heterocycles. The van der Waals surface area contributed by atoms with Gasteiger partial charge in [0.25, 0.3) is 0 Å². The van der Waals surface area contributed by atoms with Gasteiger partial charge in [-0.25, -0.2) is 4.98 Å². The highest BCUT2D eigenvalue weighted by Crippen LogP contribution is 2.16. The summed E-state index contributed by atoms with van der Waals surface area (Å²) >= 11 is 0. The number of fused-ring (bicyclic) bond motifs is 1. The molecule has 0 N–H and O–H groups in total. The Kier molecular flexibility index (Phi) is 2.29. The van der Waals surface area contributed by atoms with Crippen LogP contribution in [0.25, 0.3) is 22.4 Å². The maximum atomic E-state index is 4.55. The Bertz CT molecular complexity index is 660. The summed E-state index contributed by atoms with van der Waals surface area (Å²) < 4.78 is 0. The number of aryl methyl sites for hydroxylation is 1. The quantitative estimate of drug-likeness (QED) is 0.634. The molecule has 0 saturated heterocycles. The first-order valence-electron chi connectivity index (χ1n) is 5.48. The number of benzene rings is 1. The van der Waals surface area contributed by atoms with Crippen LogP contribution in [0.4, 0.5) is 0 Å². The lowest BCUT2D eigenvalue weighted by molar-refractivity contribution is 1.21. The van der Waals surface area contributed by atoms with Gasteiger partial charge in [0.15, 0.2) is 0 Å². The van der Waals surface area contributed by atoms with Gasteiger partial charge in [-0.1, -0.05) is 18.2 Å². The van der Waals surface area contributed by atoms with Gasteiger partial charge in [0.2, 0.25) is 0 Å². The third-order valence-electron chi connectivity index (χ3n) is 2.62. The molecular formula is C14H11N3. The minimum Gasteiger partial charge on any atom is -0.254 e. The van der Waals surface area contributed by atoms with Crippen LogP contribution in [-0.2, 0) is 0 Å². The van der Waals surface area contributed by atoms with E-state index in [-0.39, 0.29) is 0 Å². The van der Waals surface area contributed by atoms with Crippen molar-refractivity contribution in [1.29, 1.82) is 0 Å². The Morgan fingerprint density at radius 2 is 1.59 bits per heavy atom. The van der Waals surface area contributed by atoms with Gasteiger partial charge in [0.05, 0.1) is 22.9 Å². The lowest BCUT2D eigenvalue weighted by Crippen LogP contribution is -1.90. The van der Waals surface area contributed by atoms with Crippen molar-refractivity contribution in [2.45, 2.75) is 6.92 Å². The molecule has 2 heterocycles. The zero-order chi connectivity index (χ0) is 11.7. The predicted octanol–water partition coefficient (Wildman–Crippen LogP) is 3.00. The van der Waals surface area contributed by atoms with Crippen molar-refractivity contribution in [3.63, 3.8) is 0 Å². The molecule has 0 amide bonds. The number of pyridine rings is 1. The standard InChI is InChI=1S/C14H11N3/c1-10-6-7-12(15-8-10)14-9-16-11-4-2-3-5-13(11)17-14/h2-9H,1H3. The first-order chi connectivity index (χ1) is 8.33. The molecular weight excluding hydrogens is 210 g/mol. The van der Waals surface area contributed by atoms with Crippen LogP contribution in [-0.4, -0.2) is 15.0 Å². The highest BCUT2D eigenvalue weighted by Gasteiger charge is 2.02. The molecule has 0 aliphatic rings. The largest absolute Gasteiger partial charge is 0.254 e. The summed E-state index contributed by atoms with van der Waals surface area (Å²) in [5.74, 6) is 0. The van der Waals surface area contributed by atoms with Crippen LogP contribution < -0.4 is 0 Å². The molecule has 0 atom stereocenters. The summed E-state index contributed by atoms with van der Waals surface area (Å²) in [6.07, 6.45) is 3.60. The first-order valence-corrected chi connectivity index (χ1v) is 5.48. The van der Waals surface area contributed by atoms with Gasteiger partial charge in [-0.15, -0.1) is 0 Å². The highest BCUT2D eigenvalue weighted by molar-refractivity contribution is 5.76. The molecule has 17 heavy (non-hydrogen) atoms. The maximum absolute atomic E-state index is 4.55. The molecule has 0 saturated carbocycles. The number of hydrogen-bond acceptors (Lipinski definition) is 3. The Balaban J connectivity index is 2.14. The summed E-state index contributed by atoms with van der Waals surface area (Å²) in [5.41, 5.74) is 4.61. The first kappa shape index (κ1) is 9.90. The summed E-state index contributed by atoms with van der Waals surface area (Å²) in [6.45, 7) is 2.02. The van der Waals surface area contributed by atoms with Gasteiger partial charge < -0.3 is 0 Å². The SMILES string of the molecule is Cc1ccc(-c2cnc3ccccc3n2)nc1. The smallest absolute Gasteiger partial charge is 0.108 e. The molecule has 0 unspecified atom stereocenters. The molecule has 82 valence electrons. The molecule has 3 rings (SSSR count). The Labute approximate surface area is 99.2 Å². The van der Waals surface area contributed by atoms with E-state index in [0.717, 1.165) is 28.0 Å². The van der Waals surface area contributed by atoms with Crippen molar-refractivity contribution in [3.8, 4) is 11.4 Å². The molecule has 2 aromatic heterocycles. The van der Waals surface area contributed by atoms with E-state index < -0.39 is 0 Å². The van der Waals surface area contributed by atoms with Crippen molar-refractivity contribution >= 4 is 11.0 Å². The van der Waals surface area contributed by atoms with E-state index in [1.54, 1.807) is 6.20 Å². The normalized spacial score (nSPS) is 10.6. The second kappa shape index (κ2) is 3.94. The number of aromatic nitrogens is 3. The summed E-state index contributed by atoms with van der Waals surface area (Å²) in [7, 11) is 0. The minimum absolute atomic E-state index is 0.809. The van der Waals surface area contributed by atoms with Gasteiger partial charge in [-0.2, -0.15) is 0 Å². The minimum atomic E-state index is 0.809. The molecule has 3 nitrogen and oxygen atoms in total. The van der Waals surface area contributed by atoms with Crippen molar-refractivity contribution < 1.29 is 0 Å². The third kappa shape index (κ3) is 1.87. The van der Waals surface area contributed by atoms with Crippen LogP contribution in [0.2, 0.25) is 0 Å². The monoisotopic (exact) mass is 221 g/mol. The summed E-state index contributed by atoms with van der Waals surface area (Å²) in [6, 6.07) is 11.8. The second-order valence-electron chi connectivity index (χ2n) is 3.96. The van der Waals surface area contributed by atoms with Gasteiger partial charge in [0.1, 0.15) is 5.69 Å². The van der Waals surface area contributed by atoms with Crippen molar-refractivity contribution in [2.75, 3.05) is 0 Å². The zero-order valence-corrected chi connectivity index (χ0v) is 9.46. The van der Waals surface area contributed by atoms with Gasteiger partial charge in [0, 0.05) is 6.20 Å². The van der Waals surface area contributed by atoms with E-state index in [0.29, 0.717) is 0 Å². The van der Waals surface area contributed by atoms with Gasteiger partial charge in [-0.05, 0) is 30.7 Å². The topological polar surface area (TPSA) is 38.7 Å². The van der Waals surface area contributed by atoms with Crippen LogP contribution in [0.15, 0.2) is 48.8 Å². The zero-order valence-electron chi connectivity index (χ0n) is 9.46. The van der Waals surface area contributed by atoms with Crippen molar-refractivity contribution in [2.24, 2.45) is 0 Å². The van der Waals surface area contributed by atoms with E-state index in [2.05, 4.69) is 15.0 Å². The maximum Gasteiger partial charge on any atom is 0.108 e. The van der Waals surface area contributed by atoms with Crippen LogP contribution in [0, 0.1) is 6.92 Å².